The fourth-order valence-electron chi connectivity index (χ4n) is 4.45. The average Bonchev–Trinajstić information content (AvgIpc) is 3.41. The smallest absolute Gasteiger partial charge is 0.222 e. The summed E-state index contributed by atoms with van der Waals surface area (Å²) in [5, 5.41) is 4.70. The third kappa shape index (κ3) is 5.38. The Morgan fingerprint density at radius 3 is 2.56 bits per heavy atom. The predicted molar refractivity (Wildman–Crippen MR) is 146 cm³/mol. The van der Waals surface area contributed by atoms with Gasteiger partial charge in [0.05, 0.1) is 21.3 Å². The standard InChI is InChI=1S/C26H29ClN6O2S/c1-31-11-13-33(14-12-31)24(35)6-4-3-5-22(34)17-7-10-21-20(15-17)28-25(32(21)2)30-26-29-19-9-8-18(27)16-23(19)36-26/h7-10,15-16H,3-6,11-14H2,1-2H3,(H,28,29,30). The van der Waals surface area contributed by atoms with Crippen molar-refractivity contribution in [3.63, 3.8) is 0 Å². The summed E-state index contributed by atoms with van der Waals surface area (Å²) in [7, 11) is 4.01. The van der Waals surface area contributed by atoms with Crippen LogP contribution in [0.2, 0.25) is 5.02 Å². The second kappa shape index (κ2) is 10.5. The number of piperazine rings is 1. The molecule has 36 heavy (non-hydrogen) atoms. The Labute approximate surface area is 218 Å². The Morgan fingerprint density at radius 1 is 0.972 bits per heavy atom. The van der Waals surface area contributed by atoms with Gasteiger partial charge in [0, 0.05) is 56.7 Å². The number of benzene rings is 2. The third-order valence-corrected chi connectivity index (χ3v) is 7.84. The van der Waals surface area contributed by atoms with Gasteiger partial charge in [-0.15, -0.1) is 0 Å². The van der Waals surface area contributed by atoms with Crippen molar-refractivity contribution in [2.24, 2.45) is 7.05 Å². The van der Waals surface area contributed by atoms with E-state index < -0.39 is 0 Å². The number of anilines is 2. The summed E-state index contributed by atoms with van der Waals surface area (Å²) >= 11 is 7.61. The number of ketones is 1. The number of unbranched alkanes of at least 4 members (excludes halogenated alkanes) is 1. The second-order valence-corrected chi connectivity index (χ2v) is 10.7. The first-order valence-electron chi connectivity index (χ1n) is 12.2. The SMILES string of the molecule is CN1CCN(C(=O)CCCCC(=O)c2ccc3c(c2)nc(Nc2nc4ccc(Cl)cc4s2)n3C)CC1. The molecule has 1 N–H and O–H groups in total. The molecule has 2 aromatic heterocycles. The van der Waals surface area contributed by atoms with Crippen molar-refractivity contribution in [3.8, 4) is 0 Å². The number of thiazole rings is 1. The number of rotatable bonds is 8. The van der Waals surface area contributed by atoms with Crippen molar-refractivity contribution in [3.05, 3.63) is 47.0 Å². The van der Waals surface area contributed by atoms with E-state index in [2.05, 4.69) is 22.2 Å². The van der Waals surface area contributed by atoms with Crippen molar-refractivity contribution in [2.45, 2.75) is 25.7 Å². The summed E-state index contributed by atoms with van der Waals surface area (Å²) in [6.45, 7) is 3.44. The Morgan fingerprint density at radius 2 is 1.75 bits per heavy atom. The van der Waals surface area contributed by atoms with Crippen molar-refractivity contribution in [1.29, 1.82) is 0 Å². The quantitative estimate of drug-likeness (QED) is 0.255. The molecule has 4 aromatic rings. The van der Waals surface area contributed by atoms with Crippen LogP contribution in [0.4, 0.5) is 11.1 Å². The fraction of sp³-hybridized carbons (Fsp3) is 0.385. The van der Waals surface area contributed by atoms with Crippen LogP contribution in [-0.4, -0.2) is 69.3 Å². The van der Waals surface area contributed by atoms with Crippen molar-refractivity contribution < 1.29 is 9.59 Å². The van der Waals surface area contributed by atoms with Gasteiger partial charge in [-0.25, -0.2) is 9.97 Å². The molecule has 0 radical (unpaired) electrons. The van der Waals surface area contributed by atoms with Crippen LogP contribution in [0.5, 0.6) is 0 Å². The van der Waals surface area contributed by atoms with Gasteiger partial charge in [0.1, 0.15) is 0 Å². The van der Waals surface area contributed by atoms with E-state index in [1.54, 1.807) is 0 Å². The number of fused-ring (bicyclic) bond motifs is 2. The van der Waals surface area contributed by atoms with Gasteiger partial charge in [-0.3, -0.25) is 9.59 Å². The lowest BCUT2D eigenvalue weighted by Crippen LogP contribution is -2.47. The van der Waals surface area contributed by atoms with Crippen molar-refractivity contribution >= 4 is 67.0 Å². The molecule has 2 aromatic carbocycles. The number of hydrogen-bond acceptors (Lipinski definition) is 7. The van der Waals surface area contributed by atoms with Gasteiger partial charge in [0.2, 0.25) is 11.9 Å². The minimum Gasteiger partial charge on any atom is -0.340 e. The lowest BCUT2D eigenvalue weighted by atomic mass is 10.0. The number of likely N-dealkylation sites (N-methyl/N-ethyl adjacent to an activating group) is 1. The highest BCUT2D eigenvalue weighted by Crippen LogP contribution is 2.31. The van der Waals surface area contributed by atoms with E-state index in [1.165, 1.54) is 11.3 Å². The van der Waals surface area contributed by atoms with Gasteiger partial charge < -0.3 is 19.7 Å². The van der Waals surface area contributed by atoms with E-state index in [-0.39, 0.29) is 11.7 Å². The lowest BCUT2D eigenvalue weighted by molar-refractivity contribution is -0.132. The third-order valence-electron chi connectivity index (χ3n) is 6.67. The van der Waals surface area contributed by atoms with Gasteiger partial charge in [-0.05, 0) is 56.3 Å². The van der Waals surface area contributed by atoms with Gasteiger partial charge in [-0.1, -0.05) is 22.9 Å². The molecular formula is C26H29ClN6O2S. The molecule has 1 aliphatic rings. The zero-order chi connectivity index (χ0) is 25.2. The molecule has 1 fully saturated rings. The molecular weight excluding hydrogens is 496 g/mol. The van der Waals surface area contributed by atoms with E-state index in [4.69, 9.17) is 16.6 Å². The molecule has 1 amide bonds. The second-order valence-electron chi connectivity index (χ2n) is 9.27. The van der Waals surface area contributed by atoms with Gasteiger partial charge in [0.15, 0.2) is 10.9 Å². The van der Waals surface area contributed by atoms with E-state index in [9.17, 15) is 9.59 Å². The highest BCUT2D eigenvalue weighted by atomic mass is 35.5. The first-order chi connectivity index (χ1) is 17.4. The number of amides is 1. The number of carbonyl (C=O) groups is 2. The lowest BCUT2D eigenvalue weighted by Gasteiger charge is -2.32. The average molecular weight is 525 g/mol. The van der Waals surface area contributed by atoms with Gasteiger partial charge in [0.25, 0.3) is 0 Å². The summed E-state index contributed by atoms with van der Waals surface area (Å²) in [6, 6.07) is 11.2. The maximum Gasteiger partial charge on any atom is 0.222 e. The molecule has 0 bridgehead atoms. The highest BCUT2D eigenvalue weighted by molar-refractivity contribution is 7.22. The highest BCUT2D eigenvalue weighted by Gasteiger charge is 2.19. The summed E-state index contributed by atoms with van der Waals surface area (Å²) in [5.41, 5.74) is 3.20. The summed E-state index contributed by atoms with van der Waals surface area (Å²) in [6.07, 6.45) is 2.36. The first kappa shape index (κ1) is 24.7. The molecule has 3 heterocycles. The predicted octanol–water partition coefficient (Wildman–Crippen LogP) is 5.10. The number of halogens is 1. The topological polar surface area (TPSA) is 83.4 Å². The zero-order valence-electron chi connectivity index (χ0n) is 20.5. The number of imidazole rings is 1. The largest absolute Gasteiger partial charge is 0.340 e. The Bertz CT molecular complexity index is 1420. The van der Waals surface area contributed by atoms with Crippen LogP contribution >= 0.6 is 22.9 Å². The Kier molecular flexibility index (Phi) is 7.22. The molecule has 188 valence electrons. The van der Waals surface area contributed by atoms with Crippen LogP contribution in [0.3, 0.4) is 0 Å². The van der Waals surface area contributed by atoms with Crippen LogP contribution in [0.1, 0.15) is 36.0 Å². The summed E-state index contributed by atoms with van der Waals surface area (Å²) < 4.78 is 2.95. The number of nitrogens with zero attached hydrogens (tertiary/aromatic N) is 5. The maximum absolute atomic E-state index is 12.8. The Balaban J connectivity index is 1.19. The molecule has 0 saturated carbocycles. The number of Topliss-reactive ketones (excluding diaryl/α,β-unsaturated/α-hetero) is 1. The van der Waals surface area contributed by atoms with Gasteiger partial charge >= 0.3 is 0 Å². The monoisotopic (exact) mass is 524 g/mol. The minimum atomic E-state index is 0.0761. The molecule has 8 nitrogen and oxygen atoms in total. The molecule has 1 aliphatic heterocycles. The van der Waals surface area contributed by atoms with E-state index in [1.807, 2.05) is 52.9 Å². The van der Waals surface area contributed by atoms with Crippen molar-refractivity contribution in [2.75, 3.05) is 38.5 Å². The molecule has 0 atom stereocenters. The fourth-order valence-corrected chi connectivity index (χ4v) is 5.59. The van der Waals surface area contributed by atoms with E-state index >= 15 is 0 Å². The molecule has 10 heteroatoms. The van der Waals surface area contributed by atoms with Crippen LogP contribution < -0.4 is 5.32 Å². The number of hydrogen-bond donors (Lipinski definition) is 1. The molecule has 1 saturated heterocycles. The number of aromatic nitrogens is 3. The van der Waals surface area contributed by atoms with E-state index in [0.29, 0.717) is 35.8 Å². The van der Waals surface area contributed by atoms with Crippen LogP contribution in [-0.2, 0) is 11.8 Å². The zero-order valence-corrected chi connectivity index (χ0v) is 22.0. The van der Waals surface area contributed by atoms with E-state index in [0.717, 1.165) is 59.0 Å². The summed E-state index contributed by atoms with van der Waals surface area (Å²) in [5.74, 6) is 0.927. The number of aryl methyl sites for hydroxylation is 1. The molecule has 5 rings (SSSR count). The number of carbonyl (C=O) groups excluding carboxylic acids is 2. The van der Waals surface area contributed by atoms with Gasteiger partial charge in [-0.2, -0.15) is 0 Å². The first-order valence-corrected chi connectivity index (χ1v) is 13.4. The van der Waals surface area contributed by atoms with Crippen molar-refractivity contribution in [1.82, 2.24) is 24.3 Å². The van der Waals surface area contributed by atoms with Crippen LogP contribution in [0, 0.1) is 0 Å². The maximum atomic E-state index is 12.8. The van der Waals surface area contributed by atoms with Crippen LogP contribution in [0.25, 0.3) is 21.3 Å². The minimum absolute atomic E-state index is 0.0761. The molecule has 0 unspecified atom stereocenters. The Hall–Kier alpha value is -3.01. The normalized spacial score (nSPS) is 14.6. The van der Waals surface area contributed by atoms with Crippen LogP contribution in [0.15, 0.2) is 36.4 Å². The molecule has 0 aliphatic carbocycles. The number of nitrogens with one attached hydrogen (secondary N) is 1. The molecule has 0 spiro atoms. The summed E-state index contributed by atoms with van der Waals surface area (Å²) in [4.78, 5) is 38.7.